The summed E-state index contributed by atoms with van der Waals surface area (Å²) in [5.74, 6) is 7.77. The van der Waals surface area contributed by atoms with Crippen LogP contribution in [-0.2, 0) is 11.2 Å². The average Bonchev–Trinajstić information content (AvgIpc) is 2.41. The molecule has 1 rings (SSSR count). The Hall–Kier alpha value is -1.40. The summed E-state index contributed by atoms with van der Waals surface area (Å²) in [6.45, 7) is 6.78. The summed E-state index contributed by atoms with van der Waals surface area (Å²) in [5, 5.41) is 3.43. The van der Waals surface area contributed by atoms with E-state index in [-0.39, 0.29) is 6.04 Å². The van der Waals surface area contributed by atoms with Crippen molar-refractivity contribution in [2.75, 3.05) is 24.5 Å². The van der Waals surface area contributed by atoms with Crippen molar-refractivity contribution in [2.45, 2.75) is 46.1 Å². The van der Waals surface area contributed by atoms with Crippen molar-refractivity contribution in [1.82, 2.24) is 9.97 Å². The van der Waals surface area contributed by atoms with Gasteiger partial charge in [-0.3, -0.25) is 0 Å². The Balaban J connectivity index is 2.96. The van der Waals surface area contributed by atoms with Gasteiger partial charge in [0.2, 0.25) is 0 Å². The molecule has 1 aromatic heterocycles. The number of hydrazine groups is 1. The lowest BCUT2D eigenvalue weighted by Crippen LogP contribution is -2.26. The minimum Gasteiger partial charge on any atom is -0.383 e. The molecule has 6 nitrogen and oxygen atoms in total. The van der Waals surface area contributed by atoms with Crippen molar-refractivity contribution < 1.29 is 4.74 Å². The number of rotatable bonds is 8. The second-order valence-corrected chi connectivity index (χ2v) is 4.55. The SMILES string of the molecule is CCCC(COC)Nc1nc(CC)nc(NN)c1C. The van der Waals surface area contributed by atoms with E-state index >= 15 is 0 Å². The lowest BCUT2D eigenvalue weighted by molar-refractivity contribution is 0.182. The Morgan fingerprint density at radius 2 is 1.95 bits per heavy atom. The molecule has 1 atom stereocenters. The fourth-order valence-corrected chi connectivity index (χ4v) is 1.94. The highest BCUT2D eigenvalue weighted by atomic mass is 16.5. The first-order valence-electron chi connectivity index (χ1n) is 6.75. The summed E-state index contributed by atoms with van der Waals surface area (Å²) in [4.78, 5) is 8.88. The van der Waals surface area contributed by atoms with Gasteiger partial charge in [-0.2, -0.15) is 0 Å². The summed E-state index contributed by atoms with van der Waals surface area (Å²) >= 11 is 0. The number of methoxy groups -OCH3 is 1. The monoisotopic (exact) mass is 267 g/mol. The summed E-state index contributed by atoms with van der Waals surface area (Å²) in [6.07, 6.45) is 2.89. The van der Waals surface area contributed by atoms with Crippen molar-refractivity contribution in [2.24, 2.45) is 5.84 Å². The standard InChI is InChI=1S/C13H25N5O/c1-5-7-10(8-19-4)15-12-9(3)13(18-14)17-11(6-2)16-12/h10H,5-8,14H2,1-4H3,(H2,15,16,17,18). The maximum absolute atomic E-state index is 5.50. The third kappa shape index (κ3) is 4.33. The molecule has 4 N–H and O–H groups in total. The minimum absolute atomic E-state index is 0.249. The number of nitrogens with zero attached hydrogens (tertiary/aromatic N) is 2. The molecule has 0 saturated heterocycles. The summed E-state index contributed by atoms with van der Waals surface area (Å²) in [5.41, 5.74) is 3.55. The quantitative estimate of drug-likeness (QED) is 0.492. The molecule has 1 aromatic rings. The highest BCUT2D eigenvalue weighted by Crippen LogP contribution is 2.21. The molecule has 6 heteroatoms. The number of anilines is 2. The maximum Gasteiger partial charge on any atom is 0.148 e. The Kier molecular flexibility index (Phi) is 6.52. The van der Waals surface area contributed by atoms with Crippen molar-refractivity contribution in [3.63, 3.8) is 0 Å². The van der Waals surface area contributed by atoms with Crippen LogP contribution < -0.4 is 16.6 Å². The van der Waals surface area contributed by atoms with Crippen LogP contribution in [0.1, 0.15) is 38.1 Å². The number of ether oxygens (including phenoxy) is 1. The summed E-state index contributed by atoms with van der Waals surface area (Å²) < 4.78 is 5.24. The molecule has 0 aliphatic rings. The Bertz CT molecular complexity index is 391. The first-order chi connectivity index (χ1) is 9.15. The number of hydrogen-bond acceptors (Lipinski definition) is 6. The maximum atomic E-state index is 5.50. The van der Waals surface area contributed by atoms with Crippen LogP contribution in [0.2, 0.25) is 0 Å². The number of nitrogens with two attached hydrogens (primary N) is 1. The number of aromatic nitrogens is 2. The molecule has 0 amide bonds. The van der Waals surface area contributed by atoms with E-state index in [2.05, 4.69) is 27.6 Å². The van der Waals surface area contributed by atoms with Crippen molar-refractivity contribution in [3.05, 3.63) is 11.4 Å². The van der Waals surface area contributed by atoms with Crippen LogP contribution in [0.4, 0.5) is 11.6 Å². The average molecular weight is 267 g/mol. The van der Waals surface area contributed by atoms with E-state index in [0.29, 0.717) is 12.4 Å². The van der Waals surface area contributed by atoms with Gasteiger partial charge in [-0.15, -0.1) is 0 Å². The zero-order valence-electron chi connectivity index (χ0n) is 12.3. The molecule has 108 valence electrons. The predicted molar refractivity (Wildman–Crippen MR) is 78.2 cm³/mol. The molecule has 1 heterocycles. The van der Waals surface area contributed by atoms with Gasteiger partial charge in [-0.1, -0.05) is 20.3 Å². The zero-order chi connectivity index (χ0) is 14.3. The summed E-state index contributed by atoms with van der Waals surface area (Å²) in [6, 6.07) is 0.249. The first kappa shape index (κ1) is 15.7. The summed E-state index contributed by atoms with van der Waals surface area (Å²) in [7, 11) is 1.71. The second kappa shape index (κ2) is 7.91. The molecule has 0 aliphatic heterocycles. The van der Waals surface area contributed by atoms with Gasteiger partial charge in [0.15, 0.2) is 0 Å². The van der Waals surface area contributed by atoms with Crippen molar-refractivity contribution in [1.29, 1.82) is 0 Å². The van der Waals surface area contributed by atoms with E-state index in [0.717, 1.165) is 36.5 Å². The Morgan fingerprint density at radius 3 is 2.47 bits per heavy atom. The first-order valence-corrected chi connectivity index (χ1v) is 6.75. The van der Waals surface area contributed by atoms with E-state index in [9.17, 15) is 0 Å². The van der Waals surface area contributed by atoms with Gasteiger partial charge in [0.05, 0.1) is 12.6 Å². The van der Waals surface area contributed by atoms with Crippen LogP contribution >= 0.6 is 0 Å². The van der Waals surface area contributed by atoms with Crippen LogP contribution in [-0.4, -0.2) is 29.7 Å². The van der Waals surface area contributed by atoms with E-state index in [4.69, 9.17) is 10.6 Å². The molecule has 19 heavy (non-hydrogen) atoms. The van der Waals surface area contributed by atoms with Gasteiger partial charge in [-0.25, -0.2) is 15.8 Å². The van der Waals surface area contributed by atoms with E-state index in [1.807, 2.05) is 13.8 Å². The molecular formula is C13H25N5O. The molecule has 1 unspecified atom stereocenters. The number of nitrogens with one attached hydrogen (secondary N) is 2. The van der Waals surface area contributed by atoms with Gasteiger partial charge >= 0.3 is 0 Å². The zero-order valence-corrected chi connectivity index (χ0v) is 12.3. The van der Waals surface area contributed by atoms with Crippen LogP contribution in [0, 0.1) is 6.92 Å². The molecule has 0 spiro atoms. The molecule has 0 aliphatic carbocycles. The molecule has 0 bridgehead atoms. The Labute approximate surface area is 115 Å². The fourth-order valence-electron chi connectivity index (χ4n) is 1.94. The predicted octanol–water partition coefficient (Wildman–Crippen LogP) is 1.86. The Morgan fingerprint density at radius 1 is 1.26 bits per heavy atom. The normalized spacial score (nSPS) is 12.3. The molecular weight excluding hydrogens is 242 g/mol. The molecule has 0 radical (unpaired) electrons. The number of nitrogen functional groups attached to an aromatic ring is 1. The van der Waals surface area contributed by atoms with Crippen LogP contribution in [0.5, 0.6) is 0 Å². The fraction of sp³-hybridized carbons (Fsp3) is 0.692. The highest BCUT2D eigenvalue weighted by molar-refractivity contribution is 5.57. The molecule has 0 aromatic carbocycles. The van der Waals surface area contributed by atoms with Gasteiger partial charge in [-0.05, 0) is 13.3 Å². The molecule has 0 saturated carbocycles. The third-order valence-corrected chi connectivity index (χ3v) is 2.99. The minimum atomic E-state index is 0.249. The van der Waals surface area contributed by atoms with Crippen LogP contribution in [0.3, 0.4) is 0 Å². The lowest BCUT2D eigenvalue weighted by Gasteiger charge is -2.20. The van der Waals surface area contributed by atoms with Crippen LogP contribution in [0.25, 0.3) is 0 Å². The number of hydrogen-bond donors (Lipinski definition) is 3. The molecule has 0 fully saturated rings. The second-order valence-electron chi connectivity index (χ2n) is 4.55. The number of aryl methyl sites for hydroxylation is 1. The smallest absolute Gasteiger partial charge is 0.148 e. The topological polar surface area (TPSA) is 85.1 Å². The van der Waals surface area contributed by atoms with Gasteiger partial charge in [0.25, 0.3) is 0 Å². The lowest BCUT2D eigenvalue weighted by atomic mass is 10.1. The van der Waals surface area contributed by atoms with Crippen molar-refractivity contribution >= 4 is 11.6 Å². The van der Waals surface area contributed by atoms with E-state index in [1.165, 1.54) is 0 Å². The third-order valence-electron chi connectivity index (χ3n) is 2.99. The highest BCUT2D eigenvalue weighted by Gasteiger charge is 2.13. The van der Waals surface area contributed by atoms with Gasteiger partial charge in [0, 0.05) is 19.1 Å². The van der Waals surface area contributed by atoms with E-state index < -0.39 is 0 Å². The van der Waals surface area contributed by atoms with Crippen molar-refractivity contribution in [3.8, 4) is 0 Å². The van der Waals surface area contributed by atoms with E-state index in [1.54, 1.807) is 7.11 Å². The van der Waals surface area contributed by atoms with Gasteiger partial charge in [0.1, 0.15) is 17.5 Å². The van der Waals surface area contributed by atoms with Gasteiger partial charge < -0.3 is 15.5 Å². The largest absolute Gasteiger partial charge is 0.383 e. The van der Waals surface area contributed by atoms with Crippen LogP contribution in [0.15, 0.2) is 0 Å².